The highest BCUT2D eigenvalue weighted by molar-refractivity contribution is 5.86. The molecule has 1 N–H and O–H groups in total. The third-order valence-electron chi connectivity index (χ3n) is 3.52. The second-order valence-corrected chi connectivity index (χ2v) is 4.70. The number of hydrogen-bond acceptors (Lipinski definition) is 3. The first-order valence-electron chi connectivity index (χ1n) is 6.77. The maximum atomic E-state index is 12.1. The highest BCUT2D eigenvalue weighted by Crippen LogP contribution is 2.25. The molecule has 1 saturated heterocycles. The van der Waals surface area contributed by atoms with Crippen molar-refractivity contribution < 1.29 is 4.79 Å². The maximum absolute atomic E-state index is 12.1. The van der Waals surface area contributed by atoms with E-state index in [2.05, 4.69) is 29.3 Å². The summed E-state index contributed by atoms with van der Waals surface area (Å²) in [5.74, 6) is -0.0371. The van der Waals surface area contributed by atoms with Crippen molar-refractivity contribution in [2.45, 2.75) is 32.2 Å². The molecule has 0 bridgehead atoms. The van der Waals surface area contributed by atoms with Gasteiger partial charge in [0.15, 0.2) is 0 Å². The van der Waals surface area contributed by atoms with Crippen molar-refractivity contribution in [1.82, 2.24) is 5.32 Å². The van der Waals surface area contributed by atoms with Gasteiger partial charge in [-0.05, 0) is 24.5 Å². The average Bonchev–Trinajstić information content (AvgIpc) is 2.62. The van der Waals surface area contributed by atoms with Gasteiger partial charge < -0.3 is 10.2 Å². The monoisotopic (exact) mass is 257 g/mol. The molecule has 1 aromatic carbocycles. The maximum Gasteiger partial charge on any atom is 0.243 e. The lowest BCUT2D eigenvalue weighted by Gasteiger charge is -2.30. The molecule has 4 nitrogen and oxygen atoms in total. The molecule has 0 aromatic heterocycles. The second-order valence-electron chi connectivity index (χ2n) is 4.70. The number of aryl methyl sites for hydroxylation is 1. The Bertz CT molecular complexity index is 492. The van der Waals surface area contributed by atoms with Crippen LogP contribution < -0.4 is 10.2 Å². The molecule has 1 aliphatic heterocycles. The summed E-state index contributed by atoms with van der Waals surface area (Å²) in [4.78, 5) is 14.2. The standard InChI is InChI=1S/C15H19N3O/c1-2-12-6-3-4-7-13(12)18-11-5-10-17-15(19)14(18)8-9-16/h3-4,6-7,14H,2,5,8,10-11H2,1H3,(H,17,19). The molecule has 0 aliphatic carbocycles. The highest BCUT2D eigenvalue weighted by Gasteiger charge is 2.28. The van der Waals surface area contributed by atoms with Crippen LogP contribution in [-0.4, -0.2) is 25.0 Å². The van der Waals surface area contributed by atoms with Gasteiger partial charge in [0.2, 0.25) is 5.91 Å². The van der Waals surface area contributed by atoms with Gasteiger partial charge in [-0.1, -0.05) is 25.1 Å². The first-order valence-corrected chi connectivity index (χ1v) is 6.77. The van der Waals surface area contributed by atoms with E-state index in [1.165, 1.54) is 5.56 Å². The Morgan fingerprint density at radius 3 is 3.00 bits per heavy atom. The molecular weight excluding hydrogens is 238 g/mol. The Labute approximate surface area is 114 Å². The fourth-order valence-corrected chi connectivity index (χ4v) is 2.54. The molecule has 1 aromatic rings. The van der Waals surface area contributed by atoms with E-state index >= 15 is 0 Å². The van der Waals surface area contributed by atoms with E-state index in [0.717, 1.165) is 25.1 Å². The fraction of sp³-hybridized carbons (Fsp3) is 0.467. The van der Waals surface area contributed by atoms with E-state index < -0.39 is 0 Å². The number of para-hydroxylation sites is 1. The highest BCUT2D eigenvalue weighted by atomic mass is 16.2. The Hall–Kier alpha value is -2.02. The summed E-state index contributed by atoms with van der Waals surface area (Å²) < 4.78 is 0. The molecule has 1 atom stereocenters. The van der Waals surface area contributed by atoms with Crippen molar-refractivity contribution in [2.75, 3.05) is 18.0 Å². The molecule has 1 fully saturated rings. The molecule has 1 heterocycles. The summed E-state index contributed by atoms with van der Waals surface area (Å²) in [6.07, 6.45) is 2.06. The zero-order valence-electron chi connectivity index (χ0n) is 11.2. The normalized spacial score (nSPS) is 19.5. The lowest BCUT2D eigenvalue weighted by atomic mass is 10.1. The molecule has 1 unspecified atom stereocenters. The summed E-state index contributed by atoms with van der Waals surface area (Å²) in [6, 6.07) is 9.88. The van der Waals surface area contributed by atoms with Gasteiger partial charge >= 0.3 is 0 Å². The first-order chi connectivity index (χ1) is 9.27. The van der Waals surface area contributed by atoms with Crippen LogP contribution in [0.3, 0.4) is 0 Å². The first kappa shape index (κ1) is 13.4. The Kier molecular flexibility index (Phi) is 4.40. The van der Waals surface area contributed by atoms with Crippen LogP contribution in [0.5, 0.6) is 0 Å². The van der Waals surface area contributed by atoms with Crippen molar-refractivity contribution in [1.29, 1.82) is 5.26 Å². The zero-order valence-corrected chi connectivity index (χ0v) is 11.2. The number of nitrogens with one attached hydrogen (secondary N) is 1. The summed E-state index contributed by atoms with van der Waals surface area (Å²) in [6.45, 7) is 3.60. The van der Waals surface area contributed by atoms with Crippen molar-refractivity contribution in [3.63, 3.8) is 0 Å². The summed E-state index contributed by atoms with van der Waals surface area (Å²) >= 11 is 0. The number of carbonyl (C=O) groups excluding carboxylic acids is 1. The second kappa shape index (κ2) is 6.24. The number of anilines is 1. The van der Waals surface area contributed by atoms with Gasteiger partial charge in [0.1, 0.15) is 6.04 Å². The van der Waals surface area contributed by atoms with Gasteiger partial charge in [-0.25, -0.2) is 0 Å². The molecule has 4 heteroatoms. The summed E-state index contributed by atoms with van der Waals surface area (Å²) in [5, 5.41) is 11.8. The van der Waals surface area contributed by atoms with Gasteiger partial charge in [0.25, 0.3) is 0 Å². The minimum absolute atomic E-state index is 0.0371. The van der Waals surface area contributed by atoms with Gasteiger partial charge in [0.05, 0.1) is 12.5 Å². The SMILES string of the molecule is CCc1ccccc1N1CCCNC(=O)C1CC#N. The minimum Gasteiger partial charge on any atom is -0.358 e. The molecule has 1 amide bonds. The van der Waals surface area contributed by atoms with Crippen LogP contribution >= 0.6 is 0 Å². The van der Waals surface area contributed by atoms with Crippen molar-refractivity contribution in [3.05, 3.63) is 29.8 Å². The van der Waals surface area contributed by atoms with Gasteiger partial charge in [-0.3, -0.25) is 4.79 Å². The van der Waals surface area contributed by atoms with Crippen LogP contribution in [0.15, 0.2) is 24.3 Å². The van der Waals surface area contributed by atoms with E-state index in [1.54, 1.807) is 0 Å². The summed E-state index contributed by atoms with van der Waals surface area (Å²) in [7, 11) is 0. The topological polar surface area (TPSA) is 56.1 Å². The van der Waals surface area contributed by atoms with Gasteiger partial charge in [-0.2, -0.15) is 5.26 Å². The quantitative estimate of drug-likeness (QED) is 0.899. The molecule has 0 spiro atoms. The van der Waals surface area contributed by atoms with E-state index in [-0.39, 0.29) is 18.4 Å². The number of carbonyl (C=O) groups is 1. The van der Waals surface area contributed by atoms with Crippen molar-refractivity contribution in [2.24, 2.45) is 0 Å². The minimum atomic E-state index is -0.375. The summed E-state index contributed by atoms with van der Waals surface area (Å²) in [5.41, 5.74) is 2.31. The average molecular weight is 257 g/mol. The Morgan fingerprint density at radius 1 is 1.47 bits per heavy atom. The van der Waals surface area contributed by atoms with Crippen LogP contribution in [0.25, 0.3) is 0 Å². The smallest absolute Gasteiger partial charge is 0.243 e. The van der Waals surface area contributed by atoms with Crippen molar-refractivity contribution in [3.8, 4) is 6.07 Å². The molecule has 19 heavy (non-hydrogen) atoms. The lowest BCUT2D eigenvalue weighted by molar-refractivity contribution is -0.121. The van der Waals surface area contributed by atoms with Crippen LogP contribution in [0.4, 0.5) is 5.69 Å². The predicted octanol–water partition coefficient (Wildman–Crippen LogP) is 1.86. The van der Waals surface area contributed by atoms with Crippen LogP contribution in [0.2, 0.25) is 0 Å². The van der Waals surface area contributed by atoms with Crippen LogP contribution in [0.1, 0.15) is 25.3 Å². The third-order valence-corrected chi connectivity index (χ3v) is 3.52. The molecule has 0 saturated carbocycles. The number of nitriles is 1. The predicted molar refractivity (Wildman–Crippen MR) is 74.8 cm³/mol. The van der Waals surface area contributed by atoms with E-state index in [4.69, 9.17) is 5.26 Å². The molecular formula is C15H19N3O. The lowest BCUT2D eigenvalue weighted by Crippen LogP contribution is -2.44. The van der Waals surface area contributed by atoms with E-state index in [0.29, 0.717) is 6.54 Å². The molecule has 0 radical (unpaired) electrons. The van der Waals surface area contributed by atoms with Crippen LogP contribution in [0, 0.1) is 11.3 Å². The Morgan fingerprint density at radius 2 is 2.26 bits per heavy atom. The van der Waals surface area contributed by atoms with Crippen molar-refractivity contribution >= 4 is 11.6 Å². The molecule has 1 aliphatic rings. The fourth-order valence-electron chi connectivity index (χ4n) is 2.54. The van der Waals surface area contributed by atoms with E-state index in [1.807, 2.05) is 18.2 Å². The number of nitrogens with zero attached hydrogens (tertiary/aromatic N) is 2. The molecule has 2 rings (SSSR count). The number of rotatable bonds is 3. The van der Waals surface area contributed by atoms with Crippen LogP contribution in [-0.2, 0) is 11.2 Å². The van der Waals surface area contributed by atoms with Gasteiger partial charge in [0, 0.05) is 18.8 Å². The largest absolute Gasteiger partial charge is 0.358 e. The zero-order chi connectivity index (χ0) is 13.7. The van der Waals surface area contributed by atoms with Gasteiger partial charge in [-0.15, -0.1) is 0 Å². The Balaban J connectivity index is 2.37. The third kappa shape index (κ3) is 2.87. The number of hydrogen-bond donors (Lipinski definition) is 1. The number of amides is 1. The molecule has 100 valence electrons. The van der Waals surface area contributed by atoms with E-state index in [9.17, 15) is 4.79 Å². The number of benzene rings is 1.